The van der Waals surface area contributed by atoms with Crippen molar-refractivity contribution < 1.29 is 30.0 Å². The SMILES string of the molecule is CCCCOc1ccc([Si](C)(C)O)cc1.[Pd].[c-]1ccccc1. The predicted octanol–water partition coefficient (Wildman–Crippen LogP) is 3.75. The molecule has 0 aromatic heterocycles. The third kappa shape index (κ3) is 9.17. The molecule has 2 rings (SSSR count). The molecule has 0 aliphatic heterocycles. The summed E-state index contributed by atoms with van der Waals surface area (Å²) in [5.41, 5.74) is 0. The molecule has 0 bridgehead atoms. The molecule has 0 aliphatic carbocycles. The summed E-state index contributed by atoms with van der Waals surface area (Å²) in [6, 6.07) is 20.3. The van der Waals surface area contributed by atoms with E-state index in [1.807, 2.05) is 67.7 Å². The average molecular weight is 408 g/mol. The van der Waals surface area contributed by atoms with E-state index in [9.17, 15) is 4.80 Å². The molecule has 0 fully saturated rings. The van der Waals surface area contributed by atoms with Crippen molar-refractivity contribution in [2.24, 2.45) is 0 Å². The molecule has 0 unspecified atom stereocenters. The average Bonchev–Trinajstić information content (AvgIpc) is 2.50. The van der Waals surface area contributed by atoms with E-state index in [2.05, 4.69) is 13.0 Å². The fourth-order valence-corrected chi connectivity index (χ4v) is 2.62. The Morgan fingerprint density at radius 3 is 2.00 bits per heavy atom. The van der Waals surface area contributed by atoms with Crippen molar-refractivity contribution >= 4 is 13.5 Å². The van der Waals surface area contributed by atoms with E-state index in [0.29, 0.717) is 0 Å². The van der Waals surface area contributed by atoms with Crippen LogP contribution in [0, 0.1) is 6.07 Å². The molecule has 1 N–H and O–H groups in total. The van der Waals surface area contributed by atoms with Gasteiger partial charge in [0.25, 0.3) is 0 Å². The van der Waals surface area contributed by atoms with Gasteiger partial charge in [0, 0.05) is 20.4 Å². The standard InChI is InChI=1S/C12H20O2Si.C6H5.Pd/c1-4-5-10-14-11-6-8-12(9-7-11)15(2,3)13;1-2-4-6-5-3-1;/h6-9,13H,4-5,10H2,1-3H3;1-5H;/q;-1;. The molecule has 0 atom stereocenters. The second kappa shape index (κ2) is 11.6. The minimum Gasteiger partial charge on any atom is -0.494 e. The first-order valence-corrected chi connectivity index (χ1v) is 10.4. The van der Waals surface area contributed by atoms with Crippen LogP contribution in [0.3, 0.4) is 0 Å². The Labute approximate surface area is 149 Å². The van der Waals surface area contributed by atoms with Crippen molar-refractivity contribution in [1.82, 2.24) is 0 Å². The Morgan fingerprint density at radius 2 is 1.64 bits per heavy atom. The summed E-state index contributed by atoms with van der Waals surface area (Å²) in [4.78, 5) is 9.89. The van der Waals surface area contributed by atoms with Crippen molar-refractivity contribution in [3.8, 4) is 5.75 Å². The molecule has 2 aromatic rings. The third-order valence-corrected chi connectivity index (χ3v) is 4.68. The van der Waals surface area contributed by atoms with Crippen LogP contribution in [0.15, 0.2) is 54.6 Å². The maximum absolute atomic E-state index is 9.89. The van der Waals surface area contributed by atoms with Gasteiger partial charge in [-0.2, -0.15) is 36.4 Å². The van der Waals surface area contributed by atoms with Crippen LogP contribution in [-0.4, -0.2) is 19.7 Å². The van der Waals surface area contributed by atoms with Crippen LogP contribution in [-0.2, 0) is 20.4 Å². The van der Waals surface area contributed by atoms with Crippen LogP contribution in [0.4, 0.5) is 0 Å². The first kappa shape index (κ1) is 21.1. The Hall–Kier alpha value is -0.921. The van der Waals surface area contributed by atoms with Crippen LogP contribution in [0.5, 0.6) is 5.75 Å². The van der Waals surface area contributed by atoms with Gasteiger partial charge in [0.05, 0.1) is 6.61 Å². The second-order valence-electron chi connectivity index (χ2n) is 5.36. The molecule has 0 amide bonds. The summed E-state index contributed by atoms with van der Waals surface area (Å²) in [5.74, 6) is 0.894. The monoisotopic (exact) mass is 407 g/mol. The van der Waals surface area contributed by atoms with Gasteiger partial charge in [0.1, 0.15) is 5.75 Å². The normalized spacial score (nSPS) is 10.0. The van der Waals surface area contributed by atoms with Gasteiger partial charge in [-0.1, -0.05) is 25.5 Å². The molecule has 2 nitrogen and oxygen atoms in total. The fraction of sp³-hybridized carbons (Fsp3) is 0.333. The van der Waals surface area contributed by atoms with Gasteiger partial charge < -0.3 is 9.53 Å². The predicted molar refractivity (Wildman–Crippen MR) is 91.5 cm³/mol. The maximum Gasteiger partial charge on any atom is 0.213 e. The molecule has 0 heterocycles. The summed E-state index contributed by atoms with van der Waals surface area (Å²) in [6.45, 7) is 6.75. The molecule has 22 heavy (non-hydrogen) atoms. The first-order valence-electron chi connectivity index (χ1n) is 7.41. The molecule has 0 spiro atoms. The largest absolute Gasteiger partial charge is 0.494 e. The Morgan fingerprint density at radius 1 is 1.05 bits per heavy atom. The molecular formula is C18H25O2PdSi-. The van der Waals surface area contributed by atoms with E-state index < -0.39 is 8.32 Å². The minimum atomic E-state index is -2.15. The van der Waals surface area contributed by atoms with E-state index in [1.54, 1.807) is 0 Å². The fourth-order valence-electron chi connectivity index (χ4n) is 1.64. The van der Waals surface area contributed by atoms with Gasteiger partial charge >= 0.3 is 0 Å². The zero-order valence-corrected chi connectivity index (χ0v) is 16.0. The summed E-state index contributed by atoms with van der Waals surface area (Å²) in [7, 11) is -2.15. The smallest absolute Gasteiger partial charge is 0.213 e. The first-order chi connectivity index (χ1) is 10.0. The second-order valence-corrected chi connectivity index (χ2v) is 9.06. The summed E-state index contributed by atoms with van der Waals surface area (Å²) < 4.78 is 5.55. The quantitative estimate of drug-likeness (QED) is 0.464. The number of hydrogen-bond donors (Lipinski definition) is 1. The molecule has 0 aliphatic rings. The maximum atomic E-state index is 9.89. The summed E-state index contributed by atoms with van der Waals surface area (Å²) >= 11 is 0. The zero-order chi connectivity index (χ0) is 15.6. The Balaban J connectivity index is 0.000000529. The van der Waals surface area contributed by atoms with Gasteiger partial charge in [-0.05, 0) is 36.8 Å². The zero-order valence-electron chi connectivity index (χ0n) is 13.5. The number of ether oxygens (including phenoxy) is 1. The van der Waals surface area contributed by atoms with Crippen molar-refractivity contribution in [1.29, 1.82) is 0 Å². The molecule has 4 heteroatoms. The number of hydrogen-bond acceptors (Lipinski definition) is 2. The van der Waals surface area contributed by atoms with Crippen LogP contribution >= 0.6 is 0 Å². The van der Waals surface area contributed by atoms with Gasteiger partial charge in [-0.25, -0.2) is 0 Å². The van der Waals surface area contributed by atoms with Crippen LogP contribution in [0.1, 0.15) is 19.8 Å². The number of benzene rings is 2. The Kier molecular flexibility index (Phi) is 11.1. The molecule has 0 saturated heterocycles. The van der Waals surface area contributed by atoms with E-state index in [0.717, 1.165) is 30.4 Å². The van der Waals surface area contributed by atoms with Gasteiger partial charge in [-0.3, -0.25) is 0 Å². The van der Waals surface area contributed by atoms with E-state index >= 15 is 0 Å². The van der Waals surface area contributed by atoms with Gasteiger partial charge in [-0.15, -0.1) is 0 Å². The van der Waals surface area contributed by atoms with Crippen molar-refractivity contribution in [2.75, 3.05) is 6.61 Å². The molecule has 0 saturated carbocycles. The molecular weight excluding hydrogens is 383 g/mol. The number of unbranched alkanes of at least 4 members (excludes halogenated alkanes) is 1. The van der Waals surface area contributed by atoms with Gasteiger partial charge in [0.2, 0.25) is 8.32 Å². The number of rotatable bonds is 5. The van der Waals surface area contributed by atoms with Gasteiger partial charge in [0.15, 0.2) is 0 Å². The molecule has 2 aromatic carbocycles. The molecule has 124 valence electrons. The molecule has 0 radical (unpaired) electrons. The minimum absolute atomic E-state index is 0. The summed E-state index contributed by atoms with van der Waals surface area (Å²) in [5, 5.41) is 1.05. The van der Waals surface area contributed by atoms with Crippen LogP contribution in [0.2, 0.25) is 13.1 Å². The van der Waals surface area contributed by atoms with Crippen molar-refractivity contribution in [3.63, 3.8) is 0 Å². The topological polar surface area (TPSA) is 29.5 Å². The van der Waals surface area contributed by atoms with Crippen molar-refractivity contribution in [2.45, 2.75) is 32.9 Å². The van der Waals surface area contributed by atoms with Crippen molar-refractivity contribution in [3.05, 3.63) is 60.7 Å². The van der Waals surface area contributed by atoms with Crippen LogP contribution in [0.25, 0.3) is 0 Å². The third-order valence-electron chi connectivity index (χ3n) is 2.93. The van der Waals surface area contributed by atoms with E-state index in [1.165, 1.54) is 0 Å². The van der Waals surface area contributed by atoms with E-state index in [-0.39, 0.29) is 20.4 Å². The van der Waals surface area contributed by atoms with E-state index in [4.69, 9.17) is 4.74 Å². The Bertz CT molecular complexity index is 454. The van der Waals surface area contributed by atoms with Crippen LogP contribution < -0.4 is 9.92 Å². The summed E-state index contributed by atoms with van der Waals surface area (Å²) in [6.07, 6.45) is 2.23.